The summed E-state index contributed by atoms with van der Waals surface area (Å²) in [4.78, 5) is 21.6. The number of aromatic nitrogens is 1. The Morgan fingerprint density at radius 3 is 2.85 bits per heavy atom. The average molecular weight is 203 g/mol. The first-order chi connectivity index (χ1) is 6.15. The second-order valence-electron chi connectivity index (χ2n) is 2.21. The van der Waals surface area contributed by atoms with Crippen molar-refractivity contribution in [3.63, 3.8) is 0 Å². The maximum absolute atomic E-state index is 11.1. The van der Waals surface area contributed by atoms with Gasteiger partial charge in [-0.2, -0.15) is 0 Å². The molecule has 13 heavy (non-hydrogen) atoms. The van der Waals surface area contributed by atoms with Gasteiger partial charge in [0, 0.05) is 12.6 Å². The van der Waals surface area contributed by atoms with E-state index in [4.69, 9.17) is 11.6 Å². The molecule has 0 aliphatic carbocycles. The van der Waals surface area contributed by atoms with Gasteiger partial charge in [0.15, 0.2) is 5.69 Å². The van der Waals surface area contributed by atoms with Crippen LogP contribution in [0.25, 0.3) is 0 Å². The number of hydrogen-bond donors (Lipinski definition) is 1. The first kappa shape index (κ1) is 9.73. The lowest BCUT2D eigenvalue weighted by Crippen LogP contribution is -2.22. The van der Waals surface area contributed by atoms with Gasteiger partial charge in [-0.05, 0) is 18.5 Å². The third-order valence-corrected chi connectivity index (χ3v) is 1.46. The maximum Gasteiger partial charge on any atom is 0.290 e. The van der Waals surface area contributed by atoms with Crippen LogP contribution in [0.15, 0.2) is 10.6 Å². The molecular weight excluding hydrogens is 196 g/mol. The van der Waals surface area contributed by atoms with Crippen molar-refractivity contribution in [2.75, 3.05) is 6.54 Å². The van der Waals surface area contributed by atoms with Crippen LogP contribution in [0.2, 0.25) is 0 Å². The second kappa shape index (κ2) is 4.04. The molecule has 6 heteroatoms. The molecule has 1 rings (SSSR count). The fourth-order valence-electron chi connectivity index (χ4n) is 0.726. The Hall–Kier alpha value is -1.36. The van der Waals surface area contributed by atoms with Crippen molar-refractivity contribution in [2.45, 2.75) is 6.92 Å². The van der Waals surface area contributed by atoms with Crippen molar-refractivity contribution in [2.24, 2.45) is 0 Å². The molecule has 1 aromatic heterocycles. The summed E-state index contributed by atoms with van der Waals surface area (Å²) in [5.41, 5.74) is 0.0471. The zero-order chi connectivity index (χ0) is 9.84. The molecule has 5 nitrogen and oxygen atoms in total. The minimum absolute atomic E-state index is 0.0471. The van der Waals surface area contributed by atoms with Gasteiger partial charge in [0.05, 0.1) is 0 Å². The fraction of sp³-hybridized carbons (Fsp3) is 0.286. The van der Waals surface area contributed by atoms with Crippen molar-refractivity contribution < 1.29 is 14.1 Å². The van der Waals surface area contributed by atoms with Crippen molar-refractivity contribution >= 4 is 22.8 Å². The first-order valence-corrected chi connectivity index (χ1v) is 3.97. The SMILES string of the molecule is CCNC(=O)c1cc(C(=O)Cl)on1. The van der Waals surface area contributed by atoms with Gasteiger partial charge >= 0.3 is 0 Å². The number of nitrogens with zero attached hydrogens (tertiary/aromatic N) is 1. The fourth-order valence-corrected chi connectivity index (χ4v) is 0.815. The van der Waals surface area contributed by atoms with E-state index >= 15 is 0 Å². The van der Waals surface area contributed by atoms with Crippen molar-refractivity contribution in [1.29, 1.82) is 0 Å². The van der Waals surface area contributed by atoms with Crippen LogP contribution in [-0.2, 0) is 0 Å². The predicted octanol–water partition coefficient (Wildman–Crippen LogP) is 0.803. The van der Waals surface area contributed by atoms with Gasteiger partial charge in [-0.25, -0.2) is 0 Å². The predicted molar refractivity (Wildman–Crippen MR) is 44.7 cm³/mol. The van der Waals surface area contributed by atoms with Crippen LogP contribution in [0.4, 0.5) is 0 Å². The summed E-state index contributed by atoms with van der Waals surface area (Å²) in [6.07, 6.45) is 0. The topological polar surface area (TPSA) is 72.2 Å². The molecule has 0 unspecified atom stereocenters. The summed E-state index contributed by atoms with van der Waals surface area (Å²) in [6.45, 7) is 2.25. The van der Waals surface area contributed by atoms with E-state index in [0.717, 1.165) is 0 Å². The van der Waals surface area contributed by atoms with Gasteiger partial charge in [-0.1, -0.05) is 5.16 Å². The summed E-state index contributed by atoms with van der Waals surface area (Å²) in [6, 6.07) is 1.19. The molecular formula is C7H7ClN2O3. The Kier molecular flexibility index (Phi) is 3.02. The van der Waals surface area contributed by atoms with Gasteiger partial charge < -0.3 is 9.84 Å². The molecule has 0 radical (unpaired) electrons. The minimum atomic E-state index is -0.775. The highest BCUT2D eigenvalue weighted by molar-refractivity contribution is 6.67. The van der Waals surface area contributed by atoms with Crippen LogP contribution >= 0.6 is 11.6 Å². The molecule has 0 fully saturated rings. The first-order valence-electron chi connectivity index (χ1n) is 3.60. The zero-order valence-corrected chi connectivity index (χ0v) is 7.59. The Bertz CT molecular complexity index is 334. The van der Waals surface area contributed by atoms with E-state index in [9.17, 15) is 9.59 Å². The van der Waals surface area contributed by atoms with Crippen LogP contribution in [0.3, 0.4) is 0 Å². The second-order valence-corrected chi connectivity index (χ2v) is 2.55. The molecule has 1 N–H and O–H groups in total. The van der Waals surface area contributed by atoms with Crippen molar-refractivity contribution in [1.82, 2.24) is 10.5 Å². The molecule has 0 aliphatic heterocycles. The van der Waals surface area contributed by atoms with Gasteiger partial charge in [0.1, 0.15) is 0 Å². The highest BCUT2D eigenvalue weighted by atomic mass is 35.5. The van der Waals surface area contributed by atoms with Crippen LogP contribution in [0.5, 0.6) is 0 Å². The van der Waals surface area contributed by atoms with E-state index in [2.05, 4.69) is 15.0 Å². The Morgan fingerprint density at radius 2 is 2.38 bits per heavy atom. The zero-order valence-electron chi connectivity index (χ0n) is 6.83. The van der Waals surface area contributed by atoms with Gasteiger partial charge in [-0.3, -0.25) is 9.59 Å². The van der Waals surface area contributed by atoms with E-state index in [1.54, 1.807) is 6.92 Å². The summed E-state index contributed by atoms with van der Waals surface area (Å²) in [5.74, 6) is -0.529. The van der Waals surface area contributed by atoms with E-state index in [-0.39, 0.29) is 11.5 Å². The Labute approximate surface area is 79.0 Å². The van der Waals surface area contributed by atoms with Crippen molar-refractivity contribution in [3.05, 3.63) is 17.5 Å². The molecule has 1 amide bonds. The van der Waals surface area contributed by atoms with Crippen LogP contribution in [0, 0.1) is 0 Å². The summed E-state index contributed by atoms with van der Waals surface area (Å²) >= 11 is 5.09. The molecule has 0 aromatic carbocycles. The summed E-state index contributed by atoms with van der Waals surface area (Å²) in [5, 5.41) is 5.09. The molecule has 0 saturated heterocycles. The minimum Gasteiger partial charge on any atom is -0.351 e. The molecule has 0 saturated carbocycles. The lowest BCUT2D eigenvalue weighted by Gasteiger charge is -1.94. The van der Waals surface area contributed by atoms with Gasteiger partial charge in [-0.15, -0.1) is 0 Å². The van der Waals surface area contributed by atoms with E-state index in [1.807, 2.05) is 0 Å². The number of carbonyl (C=O) groups excluding carboxylic acids is 2. The Morgan fingerprint density at radius 1 is 1.69 bits per heavy atom. The van der Waals surface area contributed by atoms with E-state index in [1.165, 1.54) is 6.07 Å². The summed E-state index contributed by atoms with van der Waals surface area (Å²) in [7, 11) is 0. The summed E-state index contributed by atoms with van der Waals surface area (Å²) < 4.78 is 4.50. The standard InChI is InChI=1S/C7H7ClN2O3/c1-2-9-7(12)4-3-5(6(8)11)13-10-4/h3H,2H2,1H3,(H,9,12). The number of amides is 1. The smallest absolute Gasteiger partial charge is 0.290 e. The number of carbonyl (C=O) groups is 2. The lowest BCUT2D eigenvalue weighted by molar-refractivity contribution is 0.0944. The molecule has 0 spiro atoms. The highest BCUT2D eigenvalue weighted by Gasteiger charge is 2.14. The lowest BCUT2D eigenvalue weighted by atomic mass is 10.3. The van der Waals surface area contributed by atoms with Gasteiger partial charge in [0.2, 0.25) is 5.76 Å². The number of hydrogen-bond acceptors (Lipinski definition) is 4. The van der Waals surface area contributed by atoms with Crippen LogP contribution < -0.4 is 5.32 Å². The molecule has 0 aliphatic rings. The number of halogens is 1. The maximum atomic E-state index is 11.1. The van der Waals surface area contributed by atoms with Crippen LogP contribution in [-0.4, -0.2) is 22.9 Å². The van der Waals surface area contributed by atoms with Crippen molar-refractivity contribution in [3.8, 4) is 0 Å². The van der Waals surface area contributed by atoms with Crippen LogP contribution in [0.1, 0.15) is 28.0 Å². The monoisotopic (exact) mass is 202 g/mol. The highest BCUT2D eigenvalue weighted by Crippen LogP contribution is 2.06. The third-order valence-electron chi connectivity index (χ3n) is 1.27. The molecule has 1 heterocycles. The molecule has 70 valence electrons. The quantitative estimate of drug-likeness (QED) is 0.736. The normalized spacial score (nSPS) is 9.69. The third kappa shape index (κ3) is 2.29. The average Bonchev–Trinajstić information content (AvgIpc) is 2.52. The molecule has 1 aromatic rings. The molecule has 0 bridgehead atoms. The number of nitrogens with one attached hydrogen (secondary N) is 1. The largest absolute Gasteiger partial charge is 0.351 e. The van der Waals surface area contributed by atoms with E-state index in [0.29, 0.717) is 6.54 Å². The van der Waals surface area contributed by atoms with E-state index < -0.39 is 11.1 Å². The number of rotatable bonds is 3. The molecule has 0 atom stereocenters. The van der Waals surface area contributed by atoms with Gasteiger partial charge in [0.25, 0.3) is 11.1 Å². The Balaban J connectivity index is 2.79.